The lowest BCUT2D eigenvalue weighted by atomic mass is 9.87. The van der Waals surface area contributed by atoms with E-state index >= 15 is 0 Å². The Morgan fingerprint density at radius 1 is 0.450 bits per heavy atom. The zero-order valence-corrected chi connectivity index (χ0v) is 21.7. The van der Waals surface area contributed by atoms with Crippen molar-refractivity contribution in [3.05, 3.63) is 140 Å². The highest BCUT2D eigenvalue weighted by atomic mass is 15.0. The average molecular weight is 509 g/mol. The molecular formula is C38H24N2. The molecule has 9 rings (SSSR count). The summed E-state index contributed by atoms with van der Waals surface area (Å²) in [6.07, 6.45) is 0. The first-order valence-corrected chi connectivity index (χ1v) is 13.8. The normalized spacial score (nSPS) is 12.2. The summed E-state index contributed by atoms with van der Waals surface area (Å²) in [5, 5.41) is 11.4. The number of nitrogens with one attached hydrogen (secondary N) is 1. The van der Waals surface area contributed by atoms with Gasteiger partial charge in [-0.25, -0.2) is 0 Å². The number of hydrogen-bond acceptors (Lipinski definition) is 1. The summed E-state index contributed by atoms with van der Waals surface area (Å²) in [6, 6.07) is 50.7. The van der Waals surface area contributed by atoms with Crippen LogP contribution < -0.4 is 5.32 Å². The maximum Gasteiger partial charge on any atom is 0.0543 e. The van der Waals surface area contributed by atoms with E-state index < -0.39 is 0 Å². The Bertz CT molecular complexity index is 2290. The summed E-state index contributed by atoms with van der Waals surface area (Å²) in [6.45, 7) is 0. The van der Waals surface area contributed by atoms with Crippen molar-refractivity contribution < 1.29 is 0 Å². The molecular weight excluding hydrogens is 484 g/mol. The van der Waals surface area contributed by atoms with Gasteiger partial charge in [0.1, 0.15) is 0 Å². The van der Waals surface area contributed by atoms with Gasteiger partial charge in [-0.05, 0) is 63.9 Å². The van der Waals surface area contributed by atoms with Crippen molar-refractivity contribution in [2.24, 2.45) is 0 Å². The van der Waals surface area contributed by atoms with E-state index in [0.29, 0.717) is 0 Å². The van der Waals surface area contributed by atoms with Crippen molar-refractivity contribution >= 4 is 54.7 Å². The molecule has 0 saturated carbocycles. The minimum absolute atomic E-state index is 1.17. The molecule has 0 fully saturated rings. The largest absolute Gasteiger partial charge is 0.354 e. The summed E-state index contributed by atoms with van der Waals surface area (Å²) < 4.78 is 2.37. The van der Waals surface area contributed by atoms with Crippen LogP contribution in [0.25, 0.3) is 71.3 Å². The quantitative estimate of drug-likeness (QED) is 0.246. The van der Waals surface area contributed by atoms with Crippen molar-refractivity contribution in [1.82, 2.24) is 4.57 Å². The Morgan fingerprint density at radius 2 is 1.18 bits per heavy atom. The van der Waals surface area contributed by atoms with Gasteiger partial charge in [0.25, 0.3) is 0 Å². The van der Waals surface area contributed by atoms with Gasteiger partial charge in [-0.2, -0.15) is 0 Å². The zero-order valence-electron chi connectivity index (χ0n) is 21.7. The highest BCUT2D eigenvalue weighted by molar-refractivity contribution is 6.19. The van der Waals surface area contributed by atoms with E-state index in [1.807, 2.05) is 0 Å². The summed E-state index contributed by atoms with van der Waals surface area (Å²) in [5.41, 5.74) is 11.0. The van der Waals surface area contributed by atoms with Gasteiger partial charge in [0.05, 0.1) is 16.7 Å². The van der Waals surface area contributed by atoms with Gasteiger partial charge >= 0.3 is 0 Å². The third-order valence-electron chi connectivity index (χ3n) is 8.52. The molecule has 7 aromatic carbocycles. The first-order chi connectivity index (χ1) is 19.8. The zero-order chi connectivity index (χ0) is 26.2. The molecule has 0 bridgehead atoms. The van der Waals surface area contributed by atoms with Gasteiger partial charge < -0.3 is 9.88 Å². The Balaban J connectivity index is 1.29. The van der Waals surface area contributed by atoms with Crippen molar-refractivity contribution in [2.45, 2.75) is 0 Å². The molecule has 1 aliphatic heterocycles. The van der Waals surface area contributed by atoms with E-state index in [1.54, 1.807) is 0 Å². The Morgan fingerprint density at radius 3 is 2.10 bits per heavy atom. The van der Waals surface area contributed by atoms with Crippen LogP contribution in [0.15, 0.2) is 140 Å². The Kier molecular flexibility index (Phi) is 4.36. The lowest BCUT2D eigenvalue weighted by Gasteiger charge is -2.25. The number of hydrogen-bond donors (Lipinski definition) is 1. The fourth-order valence-corrected chi connectivity index (χ4v) is 6.75. The molecule has 2 nitrogen and oxygen atoms in total. The van der Waals surface area contributed by atoms with E-state index in [-0.39, 0.29) is 0 Å². The number of anilines is 2. The van der Waals surface area contributed by atoms with Crippen LogP contribution in [0.3, 0.4) is 0 Å². The smallest absolute Gasteiger partial charge is 0.0543 e. The van der Waals surface area contributed by atoms with Crippen molar-refractivity contribution in [2.75, 3.05) is 5.32 Å². The second-order valence-electron chi connectivity index (χ2n) is 10.6. The first kappa shape index (κ1) is 21.6. The van der Waals surface area contributed by atoms with Crippen molar-refractivity contribution in [1.29, 1.82) is 0 Å². The van der Waals surface area contributed by atoms with Crippen LogP contribution in [0.1, 0.15) is 0 Å². The maximum atomic E-state index is 3.80. The van der Waals surface area contributed by atoms with Gasteiger partial charge in [-0.1, -0.05) is 103 Å². The lowest BCUT2D eigenvalue weighted by Crippen LogP contribution is -2.02. The molecule has 186 valence electrons. The number of nitrogens with zero attached hydrogens (tertiary/aromatic N) is 1. The van der Waals surface area contributed by atoms with Crippen LogP contribution in [0, 0.1) is 0 Å². The number of aromatic nitrogens is 1. The molecule has 0 atom stereocenters. The second-order valence-corrected chi connectivity index (χ2v) is 10.6. The van der Waals surface area contributed by atoms with Gasteiger partial charge in [-0.3, -0.25) is 0 Å². The van der Waals surface area contributed by atoms with Gasteiger partial charge in [0, 0.05) is 38.5 Å². The molecule has 2 heteroatoms. The number of benzene rings is 7. The summed E-state index contributed by atoms with van der Waals surface area (Å²) in [7, 11) is 0. The van der Waals surface area contributed by atoms with E-state index in [9.17, 15) is 0 Å². The summed E-state index contributed by atoms with van der Waals surface area (Å²) >= 11 is 0. The van der Waals surface area contributed by atoms with Crippen molar-refractivity contribution in [3.63, 3.8) is 0 Å². The predicted octanol–water partition coefficient (Wildman–Crippen LogP) is 10.5. The molecule has 8 aromatic rings. The van der Waals surface area contributed by atoms with E-state index in [0.717, 1.165) is 0 Å². The van der Waals surface area contributed by atoms with E-state index in [4.69, 9.17) is 0 Å². The third-order valence-corrected chi connectivity index (χ3v) is 8.52. The Hall–Kier alpha value is -5.34. The number of para-hydroxylation sites is 2. The van der Waals surface area contributed by atoms with Crippen LogP contribution >= 0.6 is 0 Å². The molecule has 0 unspecified atom stereocenters. The molecule has 1 aliphatic rings. The first-order valence-electron chi connectivity index (χ1n) is 13.8. The number of fused-ring (bicyclic) bond motifs is 7. The third kappa shape index (κ3) is 2.93. The summed E-state index contributed by atoms with van der Waals surface area (Å²) in [4.78, 5) is 0. The molecule has 0 radical (unpaired) electrons. The highest BCUT2D eigenvalue weighted by Crippen LogP contribution is 2.48. The minimum Gasteiger partial charge on any atom is -0.354 e. The highest BCUT2D eigenvalue weighted by Gasteiger charge is 2.22. The van der Waals surface area contributed by atoms with Crippen LogP contribution in [-0.4, -0.2) is 4.57 Å². The van der Waals surface area contributed by atoms with E-state index in [1.165, 1.54) is 82.7 Å². The molecule has 1 N–H and O–H groups in total. The second kappa shape index (κ2) is 8.08. The SMILES string of the molecule is c1ccc(-n2c3ccccc3c3cc(-c4ccc5c6c(cccc46)Nc4c-5ccc5ccccc45)ccc32)cc1. The molecule has 2 heterocycles. The average Bonchev–Trinajstić information content (AvgIpc) is 3.35. The lowest BCUT2D eigenvalue weighted by molar-refractivity contribution is 1.18. The molecule has 0 spiro atoms. The minimum atomic E-state index is 1.17. The predicted molar refractivity (Wildman–Crippen MR) is 170 cm³/mol. The monoisotopic (exact) mass is 508 g/mol. The number of rotatable bonds is 2. The maximum absolute atomic E-state index is 3.80. The van der Waals surface area contributed by atoms with Crippen LogP contribution in [0.5, 0.6) is 0 Å². The summed E-state index contributed by atoms with van der Waals surface area (Å²) in [5.74, 6) is 0. The van der Waals surface area contributed by atoms with Crippen molar-refractivity contribution in [3.8, 4) is 27.9 Å². The standard InChI is InChI=1S/C38H24N2/c1-2-10-26(11-3-1)40-35-16-7-6-13-29(35)33-23-25(18-22-36(33)40)27-20-21-31-32-19-17-24-9-4-5-12-28(24)38(32)39-34-15-8-14-30(27)37(31)34/h1-23,39H. The van der Waals surface area contributed by atoms with Crippen LogP contribution in [0.2, 0.25) is 0 Å². The van der Waals surface area contributed by atoms with E-state index in [2.05, 4.69) is 149 Å². The van der Waals surface area contributed by atoms with Crippen LogP contribution in [-0.2, 0) is 0 Å². The fourth-order valence-electron chi connectivity index (χ4n) is 6.75. The van der Waals surface area contributed by atoms with Gasteiger partial charge in [-0.15, -0.1) is 0 Å². The van der Waals surface area contributed by atoms with Crippen LogP contribution in [0.4, 0.5) is 11.4 Å². The van der Waals surface area contributed by atoms with Gasteiger partial charge in [0.2, 0.25) is 0 Å². The topological polar surface area (TPSA) is 17.0 Å². The Labute approximate surface area is 231 Å². The molecule has 0 aliphatic carbocycles. The molecule has 0 saturated heterocycles. The molecule has 40 heavy (non-hydrogen) atoms. The molecule has 1 aromatic heterocycles. The molecule has 0 amide bonds. The fraction of sp³-hybridized carbons (Fsp3) is 0. The van der Waals surface area contributed by atoms with Gasteiger partial charge in [0.15, 0.2) is 0 Å².